The van der Waals surface area contributed by atoms with Crippen LogP contribution in [0.5, 0.6) is 0 Å². The second kappa shape index (κ2) is 7.79. The summed E-state index contributed by atoms with van der Waals surface area (Å²) in [6.45, 7) is 4.95. The van der Waals surface area contributed by atoms with Gasteiger partial charge < -0.3 is 9.88 Å². The van der Waals surface area contributed by atoms with Crippen LogP contribution < -0.4 is 10.5 Å². The van der Waals surface area contributed by atoms with Crippen molar-refractivity contribution in [3.63, 3.8) is 0 Å². The highest BCUT2D eigenvalue weighted by Gasteiger charge is 2.26. The monoisotopic (exact) mass is 387 g/mol. The largest absolute Gasteiger partial charge is 0.368 e. The number of nitrogens with zero attached hydrogens (tertiary/aromatic N) is 4. The van der Waals surface area contributed by atoms with E-state index >= 15 is 0 Å². The van der Waals surface area contributed by atoms with Crippen LogP contribution in [0.3, 0.4) is 0 Å². The van der Waals surface area contributed by atoms with Crippen LogP contribution in [0, 0.1) is 0 Å². The van der Waals surface area contributed by atoms with Gasteiger partial charge in [-0.05, 0) is 36.6 Å². The second-order valence-corrected chi connectivity index (χ2v) is 7.97. The number of benzene rings is 1. The van der Waals surface area contributed by atoms with Gasteiger partial charge in [0.25, 0.3) is 5.56 Å². The summed E-state index contributed by atoms with van der Waals surface area (Å²) in [6.07, 6.45) is 6.03. The summed E-state index contributed by atoms with van der Waals surface area (Å²) in [5, 5.41) is 0. The molecule has 6 heteroatoms. The zero-order valence-corrected chi connectivity index (χ0v) is 16.4. The Hall–Kier alpha value is -2.99. The molecule has 1 aliphatic heterocycles. The van der Waals surface area contributed by atoms with Crippen LogP contribution in [0.1, 0.15) is 30.0 Å². The van der Waals surface area contributed by atoms with E-state index in [1.165, 1.54) is 11.3 Å². The zero-order valence-electron chi connectivity index (χ0n) is 16.4. The molecule has 2 fully saturated rings. The van der Waals surface area contributed by atoms with Gasteiger partial charge in [-0.15, -0.1) is 0 Å². The van der Waals surface area contributed by atoms with Gasteiger partial charge in [-0.1, -0.05) is 18.2 Å². The molecule has 0 radical (unpaired) electrons. The van der Waals surface area contributed by atoms with Crippen molar-refractivity contribution in [3.05, 3.63) is 76.5 Å². The number of anilines is 1. The third kappa shape index (κ3) is 4.22. The Bertz CT molecular complexity index is 1040. The zero-order chi connectivity index (χ0) is 19.6. The minimum absolute atomic E-state index is 0.0613. The number of hydrogen-bond donors (Lipinski definition) is 1. The molecular weight excluding hydrogens is 362 g/mol. The molecule has 1 aliphatic carbocycles. The lowest BCUT2D eigenvalue weighted by molar-refractivity contribution is 0.250. The Balaban J connectivity index is 1.27. The number of hydrogen-bond acceptors (Lipinski definition) is 5. The molecule has 0 atom stereocenters. The van der Waals surface area contributed by atoms with E-state index in [9.17, 15) is 4.79 Å². The molecule has 3 aromatic rings. The molecule has 0 amide bonds. The molecule has 5 rings (SSSR count). The van der Waals surface area contributed by atoms with Gasteiger partial charge in [0.1, 0.15) is 5.82 Å². The highest BCUT2D eigenvalue weighted by molar-refractivity contribution is 5.56. The fraction of sp³-hybridized carbons (Fsp3) is 0.348. The van der Waals surface area contributed by atoms with Crippen LogP contribution in [0.15, 0.2) is 59.7 Å². The van der Waals surface area contributed by atoms with Crippen molar-refractivity contribution in [2.45, 2.75) is 25.3 Å². The molecule has 29 heavy (non-hydrogen) atoms. The maximum atomic E-state index is 12.1. The van der Waals surface area contributed by atoms with Crippen molar-refractivity contribution in [1.29, 1.82) is 0 Å². The van der Waals surface area contributed by atoms with E-state index in [0.29, 0.717) is 11.7 Å². The third-order valence-corrected chi connectivity index (χ3v) is 5.75. The fourth-order valence-electron chi connectivity index (χ4n) is 3.98. The average molecular weight is 387 g/mol. The first-order chi connectivity index (χ1) is 14.2. The maximum Gasteiger partial charge on any atom is 0.251 e. The first kappa shape index (κ1) is 18.1. The van der Waals surface area contributed by atoms with Crippen LogP contribution >= 0.6 is 0 Å². The highest BCUT2D eigenvalue weighted by atomic mass is 16.1. The van der Waals surface area contributed by atoms with Crippen LogP contribution in [0.2, 0.25) is 0 Å². The van der Waals surface area contributed by atoms with Crippen molar-refractivity contribution in [2.75, 3.05) is 31.1 Å². The highest BCUT2D eigenvalue weighted by Crippen LogP contribution is 2.38. The van der Waals surface area contributed by atoms with E-state index in [1.54, 1.807) is 6.07 Å². The molecule has 1 saturated heterocycles. The van der Waals surface area contributed by atoms with Crippen molar-refractivity contribution in [3.8, 4) is 11.4 Å². The summed E-state index contributed by atoms with van der Waals surface area (Å²) in [7, 11) is 0. The Morgan fingerprint density at radius 2 is 1.90 bits per heavy atom. The molecule has 0 bridgehead atoms. The van der Waals surface area contributed by atoms with E-state index in [-0.39, 0.29) is 5.56 Å². The van der Waals surface area contributed by atoms with Gasteiger partial charge in [0.2, 0.25) is 0 Å². The minimum Gasteiger partial charge on any atom is -0.368 e. The van der Waals surface area contributed by atoms with Crippen molar-refractivity contribution in [1.82, 2.24) is 19.9 Å². The average Bonchev–Trinajstić information content (AvgIpc) is 3.60. The number of pyridine rings is 1. The van der Waals surface area contributed by atoms with Crippen LogP contribution in [-0.4, -0.2) is 46.0 Å². The van der Waals surface area contributed by atoms with Gasteiger partial charge >= 0.3 is 0 Å². The number of nitrogens with one attached hydrogen (secondary N) is 1. The number of rotatable bonds is 5. The Kier molecular flexibility index (Phi) is 4.86. The predicted molar refractivity (Wildman–Crippen MR) is 114 cm³/mol. The fourth-order valence-corrected chi connectivity index (χ4v) is 3.98. The SMILES string of the molecule is O=c1cc(C2CC2)nc(-c2cccc(CN3CCN(c4cccnc4)CC3)c2)[nH]1. The van der Waals surface area contributed by atoms with Gasteiger partial charge in [-0.2, -0.15) is 0 Å². The van der Waals surface area contributed by atoms with E-state index in [2.05, 4.69) is 44.0 Å². The molecule has 148 valence electrons. The Morgan fingerprint density at radius 1 is 1.03 bits per heavy atom. The molecule has 2 aromatic heterocycles. The molecule has 1 saturated carbocycles. The Morgan fingerprint density at radius 3 is 2.66 bits per heavy atom. The second-order valence-electron chi connectivity index (χ2n) is 7.97. The standard InChI is InChI=1S/C23H25N5O/c29-22-14-21(18-6-7-18)25-23(26-22)19-4-1-3-17(13-19)16-27-9-11-28(12-10-27)20-5-2-8-24-15-20/h1-5,8,13-15,18H,6-7,9-12,16H2,(H,25,26,29). The molecule has 1 N–H and O–H groups in total. The van der Waals surface area contributed by atoms with Crippen molar-refractivity contribution >= 4 is 5.69 Å². The number of H-pyrrole nitrogens is 1. The van der Waals surface area contributed by atoms with Crippen LogP contribution in [0.25, 0.3) is 11.4 Å². The Labute approximate surface area is 170 Å². The van der Waals surface area contributed by atoms with Gasteiger partial charge in [0, 0.05) is 56.5 Å². The lowest BCUT2D eigenvalue weighted by Gasteiger charge is -2.36. The maximum absolute atomic E-state index is 12.1. The summed E-state index contributed by atoms with van der Waals surface area (Å²) in [5.74, 6) is 1.15. The molecule has 1 aromatic carbocycles. The topological polar surface area (TPSA) is 65.1 Å². The molecule has 3 heterocycles. The molecule has 6 nitrogen and oxygen atoms in total. The van der Waals surface area contributed by atoms with Gasteiger partial charge in [0.05, 0.1) is 17.6 Å². The van der Waals surface area contributed by atoms with E-state index in [0.717, 1.165) is 56.8 Å². The number of aromatic nitrogens is 3. The number of aromatic amines is 1. The normalized spacial score (nSPS) is 17.4. The summed E-state index contributed by atoms with van der Waals surface area (Å²) in [6, 6.07) is 14.1. The van der Waals surface area contributed by atoms with Crippen molar-refractivity contribution in [2.24, 2.45) is 0 Å². The molecule has 0 unspecified atom stereocenters. The first-order valence-corrected chi connectivity index (χ1v) is 10.3. The lowest BCUT2D eigenvalue weighted by atomic mass is 10.1. The smallest absolute Gasteiger partial charge is 0.251 e. The van der Waals surface area contributed by atoms with Crippen molar-refractivity contribution < 1.29 is 0 Å². The summed E-state index contributed by atoms with van der Waals surface area (Å²) < 4.78 is 0. The van der Waals surface area contributed by atoms with Crippen LogP contribution in [-0.2, 0) is 6.54 Å². The first-order valence-electron chi connectivity index (χ1n) is 10.3. The van der Waals surface area contributed by atoms with Crippen LogP contribution in [0.4, 0.5) is 5.69 Å². The van der Waals surface area contributed by atoms with Gasteiger partial charge in [-0.25, -0.2) is 4.98 Å². The van der Waals surface area contributed by atoms with E-state index in [4.69, 9.17) is 4.98 Å². The quantitative estimate of drug-likeness (QED) is 0.729. The van der Waals surface area contributed by atoms with E-state index < -0.39 is 0 Å². The molecule has 0 spiro atoms. The lowest BCUT2D eigenvalue weighted by Crippen LogP contribution is -2.46. The third-order valence-electron chi connectivity index (χ3n) is 5.75. The summed E-state index contributed by atoms with van der Waals surface area (Å²) in [4.78, 5) is 28.8. The minimum atomic E-state index is -0.0613. The molecule has 2 aliphatic rings. The molecular formula is C23H25N5O. The van der Waals surface area contributed by atoms with Gasteiger partial charge in [-0.3, -0.25) is 14.7 Å². The predicted octanol–water partition coefficient (Wildman–Crippen LogP) is 3.03. The summed E-state index contributed by atoms with van der Waals surface area (Å²) in [5.41, 5.74) is 4.29. The van der Waals surface area contributed by atoms with Gasteiger partial charge in [0.15, 0.2) is 0 Å². The summed E-state index contributed by atoms with van der Waals surface area (Å²) >= 11 is 0. The number of piperazine rings is 1. The van der Waals surface area contributed by atoms with E-state index in [1.807, 2.05) is 24.5 Å².